The van der Waals surface area contributed by atoms with Gasteiger partial charge in [-0.1, -0.05) is 60.7 Å². The minimum Gasteiger partial charge on any atom is -0.451 e. The lowest BCUT2D eigenvalue weighted by atomic mass is 10.1. The fourth-order valence-electron chi connectivity index (χ4n) is 3.78. The molecule has 0 atom stereocenters. The third-order valence-electron chi connectivity index (χ3n) is 5.40. The minimum absolute atomic E-state index is 0.124. The first-order valence-electron chi connectivity index (χ1n) is 10.6. The van der Waals surface area contributed by atoms with E-state index in [4.69, 9.17) is 4.74 Å². The number of ether oxygens (including phenoxy) is 1. The van der Waals surface area contributed by atoms with Crippen LogP contribution in [0.25, 0.3) is 0 Å². The van der Waals surface area contributed by atoms with Crippen LogP contribution >= 0.6 is 0 Å². The number of aromatic nitrogens is 1. The number of benzene rings is 2. The Bertz CT molecular complexity index is 1090. The Balaban J connectivity index is 1.68. The van der Waals surface area contributed by atoms with E-state index in [-0.39, 0.29) is 24.0 Å². The molecule has 0 saturated carbocycles. The zero-order valence-corrected chi connectivity index (χ0v) is 18.7. The molecule has 1 aromatic heterocycles. The number of carbonyl (C=O) groups is 3. The van der Waals surface area contributed by atoms with E-state index >= 15 is 0 Å². The molecule has 1 N–H and O–H groups in total. The number of Topliss-reactive ketones (excluding diaryl/α,β-unsaturated/α-hetero) is 1. The number of H-pyrrole nitrogens is 1. The number of amides is 1. The van der Waals surface area contributed by atoms with Crippen molar-refractivity contribution in [2.75, 3.05) is 13.2 Å². The van der Waals surface area contributed by atoms with E-state index in [9.17, 15) is 14.4 Å². The molecule has 0 radical (unpaired) electrons. The van der Waals surface area contributed by atoms with Crippen molar-refractivity contribution < 1.29 is 19.1 Å². The number of hydrogen-bond donors (Lipinski definition) is 1. The molecule has 0 unspecified atom stereocenters. The van der Waals surface area contributed by atoms with E-state index in [0.717, 1.165) is 11.1 Å². The number of nitrogens with one attached hydrogen (secondary N) is 1. The summed E-state index contributed by atoms with van der Waals surface area (Å²) >= 11 is 0. The number of nitrogens with zero attached hydrogens (tertiary/aromatic N) is 1. The summed E-state index contributed by atoms with van der Waals surface area (Å²) in [6.07, 6.45) is 0.699. The van der Waals surface area contributed by atoms with Gasteiger partial charge in [0.15, 0.2) is 12.4 Å². The molecule has 0 aliphatic rings. The van der Waals surface area contributed by atoms with Gasteiger partial charge in [-0.05, 0) is 43.9 Å². The Kier molecular flexibility index (Phi) is 7.60. The van der Waals surface area contributed by atoms with Crippen molar-refractivity contribution in [3.63, 3.8) is 0 Å². The molecule has 1 heterocycles. The Morgan fingerprint density at radius 3 is 2.06 bits per heavy atom. The molecular weight excluding hydrogens is 404 g/mol. The Hall–Kier alpha value is -3.67. The van der Waals surface area contributed by atoms with Crippen LogP contribution in [-0.4, -0.2) is 40.7 Å². The largest absolute Gasteiger partial charge is 0.451 e. The molecule has 0 saturated heterocycles. The second-order valence-corrected chi connectivity index (χ2v) is 7.79. The third kappa shape index (κ3) is 5.72. The topological polar surface area (TPSA) is 79.5 Å². The van der Waals surface area contributed by atoms with E-state index in [2.05, 4.69) is 4.98 Å². The predicted molar refractivity (Wildman–Crippen MR) is 123 cm³/mol. The molecule has 1 amide bonds. The van der Waals surface area contributed by atoms with E-state index in [1.165, 1.54) is 6.92 Å². The van der Waals surface area contributed by atoms with Crippen LogP contribution in [0.5, 0.6) is 0 Å². The highest BCUT2D eigenvalue weighted by atomic mass is 16.5. The lowest BCUT2D eigenvalue weighted by molar-refractivity contribution is -0.135. The smallest absolute Gasteiger partial charge is 0.355 e. The van der Waals surface area contributed by atoms with Crippen LogP contribution in [0.15, 0.2) is 60.7 Å². The molecule has 0 fully saturated rings. The number of aryl methyl sites for hydroxylation is 1. The van der Waals surface area contributed by atoms with Crippen LogP contribution in [0.2, 0.25) is 0 Å². The number of rotatable bonds is 9. The Morgan fingerprint density at radius 1 is 0.906 bits per heavy atom. The van der Waals surface area contributed by atoms with Crippen molar-refractivity contribution in [2.45, 2.75) is 33.7 Å². The lowest BCUT2D eigenvalue weighted by Crippen LogP contribution is -2.36. The van der Waals surface area contributed by atoms with Crippen LogP contribution in [0.4, 0.5) is 0 Å². The maximum Gasteiger partial charge on any atom is 0.355 e. The predicted octanol–water partition coefficient (Wildman–Crippen LogP) is 4.26. The summed E-state index contributed by atoms with van der Waals surface area (Å²) in [5.41, 5.74) is 3.97. The average molecular weight is 433 g/mol. The van der Waals surface area contributed by atoms with Crippen LogP contribution in [0.3, 0.4) is 0 Å². The first-order chi connectivity index (χ1) is 15.4. The van der Waals surface area contributed by atoms with E-state index in [1.54, 1.807) is 18.7 Å². The van der Waals surface area contributed by atoms with Crippen LogP contribution in [0, 0.1) is 13.8 Å². The van der Waals surface area contributed by atoms with Gasteiger partial charge in [0.25, 0.3) is 5.91 Å². The van der Waals surface area contributed by atoms with Crippen molar-refractivity contribution in [3.05, 3.63) is 94.3 Å². The number of esters is 1. The van der Waals surface area contributed by atoms with Crippen molar-refractivity contribution in [3.8, 4) is 0 Å². The summed E-state index contributed by atoms with van der Waals surface area (Å²) in [4.78, 5) is 42.0. The molecule has 2 aromatic carbocycles. The SMILES string of the molecule is CC(=O)c1c(C)[nH]c(C(=O)OCC(=O)N(CCc2ccccc2)Cc2ccccc2)c1C. The second kappa shape index (κ2) is 10.6. The number of hydrogen-bond acceptors (Lipinski definition) is 4. The quantitative estimate of drug-likeness (QED) is 0.405. The van der Waals surface area contributed by atoms with Gasteiger partial charge in [-0.2, -0.15) is 0 Å². The number of carbonyl (C=O) groups excluding carboxylic acids is 3. The van der Waals surface area contributed by atoms with Gasteiger partial charge < -0.3 is 14.6 Å². The van der Waals surface area contributed by atoms with E-state index in [0.29, 0.717) is 36.3 Å². The molecule has 0 spiro atoms. The number of aromatic amines is 1. The summed E-state index contributed by atoms with van der Waals surface area (Å²) < 4.78 is 5.32. The molecule has 6 nitrogen and oxygen atoms in total. The van der Waals surface area contributed by atoms with E-state index < -0.39 is 5.97 Å². The molecule has 32 heavy (non-hydrogen) atoms. The van der Waals surface area contributed by atoms with Gasteiger partial charge in [0.1, 0.15) is 5.69 Å². The normalized spacial score (nSPS) is 10.6. The van der Waals surface area contributed by atoms with Crippen LogP contribution in [-0.2, 0) is 22.5 Å². The zero-order chi connectivity index (χ0) is 23.1. The fraction of sp³-hybridized carbons (Fsp3) is 0.269. The standard InChI is InChI=1S/C26H28N2O4/c1-18-24(20(3)29)19(2)27-25(18)26(31)32-17-23(30)28(16-22-12-8-5-9-13-22)15-14-21-10-6-4-7-11-21/h4-13,27H,14-17H2,1-3H3. The van der Waals surface area contributed by atoms with Gasteiger partial charge in [-0.25, -0.2) is 4.79 Å². The summed E-state index contributed by atoms with van der Waals surface area (Å²) in [7, 11) is 0. The van der Waals surface area contributed by atoms with Gasteiger partial charge in [-0.15, -0.1) is 0 Å². The van der Waals surface area contributed by atoms with Crippen molar-refractivity contribution >= 4 is 17.7 Å². The summed E-state index contributed by atoms with van der Waals surface area (Å²) in [6.45, 7) is 5.45. The fourth-order valence-corrected chi connectivity index (χ4v) is 3.78. The van der Waals surface area contributed by atoms with Crippen molar-refractivity contribution in [1.82, 2.24) is 9.88 Å². The molecule has 0 aliphatic carbocycles. The maximum atomic E-state index is 13.0. The summed E-state index contributed by atoms with van der Waals surface area (Å²) in [6, 6.07) is 19.6. The van der Waals surface area contributed by atoms with Crippen LogP contribution in [0.1, 0.15) is 50.2 Å². The lowest BCUT2D eigenvalue weighted by Gasteiger charge is -2.23. The minimum atomic E-state index is -0.644. The average Bonchev–Trinajstić information content (AvgIpc) is 3.10. The molecule has 0 aliphatic heterocycles. The highest BCUT2D eigenvalue weighted by Crippen LogP contribution is 2.19. The second-order valence-electron chi connectivity index (χ2n) is 7.79. The van der Waals surface area contributed by atoms with Gasteiger partial charge in [0, 0.05) is 24.3 Å². The Labute approximate surface area is 188 Å². The number of ketones is 1. The first-order valence-corrected chi connectivity index (χ1v) is 10.6. The molecular formula is C26H28N2O4. The highest BCUT2D eigenvalue weighted by molar-refractivity contribution is 6.01. The van der Waals surface area contributed by atoms with Crippen LogP contribution < -0.4 is 0 Å². The van der Waals surface area contributed by atoms with Gasteiger partial charge >= 0.3 is 5.97 Å². The molecule has 6 heteroatoms. The zero-order valence-electron chi connectivity index (χ0n) is 18.7. The first kappa shape index (κ1) is 23.0. The monoisotopic (exact) mass is 432 g/mol. The van der Waals surface area contributed by atoms with E-state index in [1.807, 2.05) is 60.7 Å². The van der Waals surface area contributed by atoms with Gasteiger partial charge in [0.2, 0.25) is 0 Å². The maximum absolute atomic E-state index is 13.0. The molecule has 3 aromatic rings. The summed E-state index contributed by atoms with van der Waals surface area (Å²) in [5.74, 6) is -1.04. The summed E-state index contributed by atoms with van der Waals surface area (Å²) in [5, 5.41) is 0. The van der Waals surface area contributed by atoms with Gasteiger partial charge in [-0.3, -0.25) is 9.59 Å². The van der Waals surface area contributed by atoms with Gasteiger partial charge in [0.05, 0.1) is 0 Å². The molecule has 166 valence electrons. The third-order valence-corrected chi connectivity index (χ3v) is 5.40. The molecule has 3 rings (SSSR count). The molecule has 0 bridgehead atoms. The highest BCUT2D eigenvalue weighted by Gasteiger charge is 2.23. The van der Waals surface area contributed by atoms with Crippen molar-refractivity contribution in [1.29, 1.82) is 0 Å². The van der Waals surface area contributed by atoms with Crippen molar-refractivity contribution in [2.24, 2.45) is 0 Å². The Morgan fingerprint density at radius 2 is 1.50 bits per heavy atom.